The molecule has 2 bridgehead atoms. The molecule has 3 heterocycles. The molecule has 0 aromatic heterocycles. The predicted molar refractivity (Wildman–Crippen MR) is 117 cm³/mol. The van der Waals surface area contributed by atoms with Gasteiger partial charge in [0.05, 0.1) is 24.8 Å². The molecule has 164 valence electrons. The first-order valence-corrected chi connectivity index (χ1v) is 11.4. The molecule has 0 radical (unpaired) electrons. The van der Waals surface area contributed by atoms with E-state index in [0.29, 0.717) is 12.5 Å². The topological polar surface area (TPSA) is 63.6 Å². The maximum atomic E-state index is 12.9. The number of hydrogen-bond donors (Lipinski definition) is 1. The highest BCUT2D eigenvalue weighted by atomic mass is 16.8. The van der Waals surface area contributed by atoms with Crippen LogP contribution in [0.1, 0.15) is 45.4 Å². The second-order valence-corrected chi connectivity index (χ2v) is 8.37. The molecule has 1 aromatic rings. The lowest BCUT2D eigenvalue weighted by Crippen LogP contribution is -2.60. The molecule has 8 nitrogen and oxygen atoms in total. The SMILES string of the molecule is CCCN(c1ccccc1)N1C(NC(=O)CN2CCCCC2)=NON2CCCC1C2. The van der Waals surface area contributed by atoms with Crippen LogP contribution in [0.4, 0.5) is 5.69 Å². The molecule has 4 rings (SSSR count). The largest absolute Gasteiger partial charge is 0.295 e. The number of piperidine rings is 2. The van der Waals surface area contributed by atoms with Gasteiger partial charge in [0.25, 0.3) is 5.96 Å². The molecule has 1 amide bonds. The zero-order valence-corrected chi connectivity index (χ0v) is 18.0. The van der Waals surface area contributed by atoms with E-state index < -0.39 is 0 Å². The number of likely N-dealkylation sites (tertiary alicyclic amines) is 1. The zero-order valence-electron chi connectivity index (χ0n) is 18.0. The van der Waals surface area contributed by atoms with Gasteiger partial charge in [-0.3, -0.25) is 25.0 Å². The molecule has 0 aliphatic carbocycles. The van der Waals surface area contributed by atoms with Crippen LogP contribution in [0, 0.1) is 0 Å². The summed E-state index contributed by atoms with van der Waals surface area (Å²) in [5.74, 6) is 0.462. The van der Waals surface area contributed by atoms with Crippen molar-refractivity contribution in [2.24, 2.45) is 5.16 Å². The average molecular weight is 415 g/mol. The van der Waals surface area contributed by atoms with Gasteiger partial charge in [0, 0.05) is 13.1 Å². The summed E-state index contributed by atoms with van der Waals surface area (Å²) >= 11 is 0. The first kappa shape index (κ1) is 20.9. The Morgan fingerprint density at radius 1 is 1.17 bits per heavy atom. The number of hydroxylamine groups is 2. The van der Waals surface area contributed by atoms with Crippen molar-refractivity contribution < 1.29 is 9.73 Å². The van der Waals surface area contributed by atoms with Gasteiger partial charge < -0.3 is 0 Å². The highest BCUT2D eigenvalue weighted by molar-refractivity contribution is 5.98. The molecule has 2 saturated heterocycles. The third-order valence-electron chi connectivity index (χ3n) is 5.98. The van der Waals surface area contributed by atoms with Gasteiger partial charge in [0.15, 0.2) is 0 Å². The molecule has 1 aromatic carbocycles. The van der Waals surface area contributed by atoms with Crippen molar-refractivity contribution in [1.29, 1.82) is 0 Å². The van der Waals surface area contributed by atoms with Gasteiger partial charge in [-0.05, 0) is 62.5 Å². The van der Waals surface area contributed by atoms with Crippen LogP contribution in [0.2, 0.25) is 0 Å². The van der Waals surface area contributed by atoms with Gasteiger partial charge in [0.2, 0.25) is 5.91 Å². The first-order chi connectivity index (χ1) is 14.7. The van der Waals surface area contributed by atoms with E-state index in [9.17, 15) is 4.79 Å². The molecule has 3 aliphatic heterocycles. The van der Waals surface area contributed by atoms with Crippen molar-refractivity contribution in [3.05, 3.63) is 30.3 Å². The fraction of sp³-hybridized carbons (Fsp3) is 0.636. The molecule has 0 spiro atoms. The molecule has 2 fully saturated rings. The lowest BCUT2D eigenvalue weighted by molar-refractivity contribution is -0.170. The summed E-state index contributed by atoms with van der Waals surface area (Å²) < 4.78 is 0. The van der Waals surface area contributed by atoms with E-state index in [1.807, 2.05) is 23.3 Å². The summed E-state index contributed by atoms with van der Waals surface area (Å²) in [7, 11) is 0. The van der Waals surface area contributed by atoms with Crippen LogP contribution in [0.5, 0.6) is 0 Å². The number of hydrogen-bond acceptors (Lipinski definition) is 7. The van der Waals surface area contributed by atoms with Crippen molar-refractivity contribution in [1.82, 2.24) is 20.3 Å². The van der Waals surface area contributed by atoms with Crippen LogP contribution >= 0.6 is 0 Å². The lowest BCUT2D eigenvalue weighted by atomic mass is 10.1. The predicted octanol–water partition coefficient (Wildman–Crippen LogP) is 2.40. The first-order valence-electron chi connectivity index (χ1n) is 11.4. The van der Waals surface area contributed by atoms with Crippen molar-refractivity contribution in [2.75, 3.05) is 44.3 Å². The van der Waals surface area contributed by atoms with Crippen LogP contribution in [-0.4, -0.2) is 72.1 Å². The smallest absolute Gasteiger partial charge is 0.264 e. The monoisotopic (exact) mass is 414 g/mol. The van der Waals surface area contributed by atoms with Crippen LogP contribution in [0.25, 0.3) is 0 Å². The number of guanidine groups is 1. The van der Waals surface area contributed by atoms with E-state index in [1.165, 1.54) is 19.3 Å². The van der Waals surface area contributed by atoms with Gasteiger partial charge in [-0.15, -0.1) is 5.06 Å². The Balaban J connectivity index is 1.57. The Morgan fingerprint density at radius 3 is 2.73 bits per heavy atom. The van der Waals surface area contributed by atoms with Crippen LogP contribution in [0.15, 0.2) is 35.5 Å². The molecule has 2 atom stereocenters. The second kappa shape index (κ2) is 10.1. The van der Waals surface area contributed by atoms with E-state index in [0.717, 1.165) is 57.7 Å². The molecular formula is C22H34N6O2. The summed E-state index contributed by atoms with van der Waals surface area (Å²) in [6.45, 7) is 7.01. The van der Waals surface area contributed by atoms with E-state index in [-0.39, 0.29) is 11.9 Å². The molecule has 0 saturated carbocycles. The highest BCUT2D eigenvalue weighted by Gasteiger charge is 2.36. The number of carbonyl (C=O) groups is 1. The fourth-order valence-corrected chi connectivity index (χ4v) is 4.56. The number of nitrogens with zero attached hydrogens (tertiary/aromatic N) is 5. The number of benzene rings is 1. The number of nitrogens with one attached hydrogen (secondary N) is 1. The Morgan fingerprint density at radius 2 is 1.97 bits per heavy atom. The zero-order chi connectivity index (χ0) is 20.8. The van der Waals surface area contributed by atoms with E-state index in [1.54, 1.807) is 0 Å². The number of hydrazine groups is 1. The summed E-state index contributed by atoms with van der Waals surface area (Å²) in [4.78, 5) is 20.8. The third kappa shape index (κ3) is 5.05. The van der Waals surface area contributed by atoms with Crippen molar-refractivity contribution in [3.8, 4) is 0 Å². The number of para-hydroxylation sites is 1. The van der Waals surface area contributed by atoms with Crippen molar-refractivity contribution in [3.63, 3.8) is 0 Å². The van der Waals surface area contributed by atoms with Gasteiger partial charge in [-0.1, -0.05) is 31.5 Å². The molecule has 8 heteroatoms. The quantitative estimate of drug-likeness (QED) is 0.771. The lowest BCUT2D eigenvalue weighted by Gasteiger charge is -2.43. The number of anilines is 1. The molecule has 1 N–H and O–H groups in total. The van der Waals surface area contributed by atoms with Crippen molar-refractivity contribution >= 4 is 17.6 Å². The molecular weight excluding hydrogens is 380 g/mol. The summed E-state index contributed by atoms with van der Waals surface area (Å²) in [5.41, 5.74) is 1.09. The minimum Gasteiger partial charge on any atom is -0.295 e. The number of carbonyl (C=O) groups excluding carboxylic acids is 1. The van der Waals surface area contributed by atoms with E-state index in [2.05, 4.69) is 44.4 Å². The summed E-state index contributed by atoms with van der Waals surface area (Å²) in [6, 6.07) is 10.5. The number of rotatable bonds is 6. The Bertz CT molecular complexity index is 722. The van der Waals surface area contributed by atoms with Gasteiger partial charge in [-0.2, -0.15) is 0 Å². The number of oxime groups is 1. The van der Waals surface area contributed by atoms with Gasteiger partial charge in [-0.25, -0.2) is 5.01 Å². The highest BCUT2D eigenvalue weighted by Crippen LogP contribution is 2.26. The maximum Gasteiger partial charge on any atom is 0.264 e. The van der Waals surface area contributed by atoms with Gasteiger partial charge in [0.1, 0.15) is 0 Å². The molecule has 30 heavy (non-hydrogen) atoms. The average Bonchev–Trinajstić information content (AvgIpc) is 2.89. The molecule has 3 aliphatic rings. The standard InChI is InChI=1S/C22H34N6O2/c1-2-13-27(19-10-5-3-6-11-19)28-20-12-9-16-26(17-20)30-24-22(28)23-21(29)18-25-14-7-4-8-15-25/h3,5-6,10-11,20H,2,4,7-9,12-18H2,1H3,(H,23,24,29). The third-order valence-corrected chi connectivity index (χ3v) is 5.98. The van der Waals surface area contributed by atoms with E-state index in [4.69, 9.17) is 4.94 Å². The fourth-order valence-electron chi connectivity index (χ4n) is 4.56. The summed E-state index contributed by atoms with van der Waals surface area (Å²) in [6.07, 6.45) is 6.65. The van der Waals surface area contributed by atoms with Gasteiger partial charge >= 0.3 is 0 Å². The minimum atomic E-state index is -0.0276. The van der Waals surface area contributed by atoms with Crippen LogP contribution in [-0.2, 0) is 9.73 Å². The number of amides is 1. The van der Waals surface area contributed by atoms with Crippen molar-refractivity contribution in [2.45, 2.75) is 51.5 Å². The Labute approximate surface area is 179 Å². The number of fused-ring (bicyclic) bond motifs is 2. The second-order valence-electron chi connectivity index (χ2n) is 8.37. The van der Waals surface area contributed by atoms with Crippen LogP contribution in [0.3, 0.4) is 0 Å². The summed E-state index contributed by atoms with van der Waals surface area (Å²) in [5, 5.41) is 13.8. The maximum absolute atomic E-state index is 12.9. The van der Waals surface area contributed by atoms with E-state index >= 15 is 0 Å². The molecule has 2 unspecified atom stereocenters. The normalized spacial score (nSPS) is 24.4. The van der Waals surface area contributed by atoms with Crippen LogP contribution < -0.4 is 10.3 Å². The Kier molecular flexibility index (Phi) is 7.07. The minimum absolute atomic E-state index is 0.0276. The Hall–Kier alpha value is -2.32.